The van der Waals surface area contributed by atoms with E-state index in [1.54, 1.807) is 4.90 Å². The molecule has 25 heavy (non-hydrogen) atoms. The summed E-state index contributed by atoms with van der Waals surface area (Å²) in [6, 6.07) is 1.04. The minimum atomic E-state index is -2.76. The molecule has 0 radical (unpaired) electrons. The highest BCUT2D eigenvalue weighted by molar-refractivity contribution is 5.85. The Morgan fingerprint density at radius 1 is 1.16 bits per heavy atom. The third-order valence-corrected chi connectivity index (χ3v) is 3.83. The van der Waals surface area contributed by atoms with Gasteiger partial charge in [0.25, 0.3) is 12.1 Å². The lowest BCUT2D eigenvalue weighted by Gasteiger charge is -2.34. The Morgan fingerprint density at radius 2 is 1.68 bits per heavy atom. The molecule has 1 aromatic carbocycles. The SMILES string of the molecule is COc1cc([C@@H](C(F)F)N2CCNCC2)c([N+](=O)[O-])cc1OC.Cl.Cl. The topological polar surface area (TPSA) is 76.9 Å². The quantitative estimate of drug-likeness (QED) is 0.581. The Kier molecular flexibility index (Phi) is 9.95. The van der Waals surface area contributed by atoms with Gasteiger partial charge in [-0.05, 0) is 6.07 Å². The predicted octanol–water partition coefficient (Wildman–Crippen LogP) is 2.67. The van der Waals surface area contributed by atoms with Crippen LogP contribution in [-0.2, 0) is 0 Å². The number of rotatable bonds is 6. The molecule has 1 heterocycles. The maximum absolute atomic E-state index is 13.7. The highest BCUT2D eigenvalue weighted by Crippen LogP contribution is 2.41. The fourth-order valence-corrected chi connectivity index (χ4v) is 2.73. The summed E-state index contributed by atoms with van der Waals surface area (Å²) in [7, 11) is 2.69. The molecule has 0 unspecified atom stereocenters. The van der Waals surface area contributed by atoms with Crippen molar-refractivity contribution >= 4 is 30.5 Å². The monoisotopic (exact) mass is 403 g/mol. The van der Waals surface area contributed by atoms with E-state index in [0.717, 1.165) is 6.07 Å². The van der Waals surface area contributed by atoms with Gasteiger partial charge in [0.2, 0.25) is 0 Å². The first-order valence-corrected chi connectivity index (χ1v) is 7.12. The van der Waals surface area contributed by atoms with Crippen LogP contribution in [0, 0.1) is 10.1 Å². The summed E-state index contributed by atoms with van der Waals surface area (Å²) in [6.45, 7) is 1.90. The summed E-state index contributed by atoms with van der Waals surface area (Å²) in [4.78, 5) is 12.2. The van der Waals surface area contributed by atoms with Crippen LogP contribution in [0.15, 0.2) is 12.1 Å². The number of ether oxygens (including phenoxy) is 2. The van der Waals surface area contributed by atoms with Crippen LogP contribution in [0.25, 0.3) is 0 Å². The maximum Gasteiger partial charge on any atom is 0.278 e. The number of hydrogen-bond donors (Lipinski definition) is 1. The fraction of sp³-hybridized carbons (Fsp3) is 0.571. The van der Waals surface area contributed by atoms with E-state index < -0.39 is 23.1 Å². The number of benzene rings is 1. The molecule has 1 aromatic rings. The lowest BCUT2D eigenvalue weighted by molar-refractivity contribution is -0.386. The van der Waals surface area contributed by atoms with Gasteiger partial charge < -0.3 is 14.8 Å². The largest absolute Gasteiger partial charge is 0.493 e. The molecule has 1 aliphatic rings. The van der Waals surface area contributed by atoms with Crippen molar-refractivity contribution in [2.24, 2.45) is 0 Å². The van der Waals surface area contributed by atoms with Crippen molar-refractivity contribution in [3.05, 3.63) is 27.8 Å². The predicted molar refractivity (Wildman–Crippen MR) is 93.9 cm³/mol. The Bertz CT molecular complexity index is 575. The van der Waals surface area contributed by atoms with Crippen molar-refractivity contribution < 1.29 is 23.2 Å². The first kappa shape index (κ1) is 23.6. The summed E-state index contributed by atoms with van der Waals surface area (Å²) in [5.41, 5.74) is -0.462. The molecule has 1 fully saturated rings. The Balaban J connectivity index is 0.00000288. The maximum atomic E-state index is 13.7. The highest BCUT2D eigenvalue weighted by Gasteiger charge is 2.36. The zero-order valence-corrected chi connectivity index (χ0v) is 15.4. The third-order valence-electron chi connectivity index (χ3n) is 3.83. The van der Waals surface area contributed by atoms with E-state index in [2.05, 4.69) is 5.32 Å². The summed E-state index contributed by atoms with van der Waals surface area (Å²) in [6.07, 6.45) is -2.76. The first-order chi connectivity index (χ1) is 11.0. The van der Waals surface area contributed by atoms with Crippen LogP contribution >= 0.6 is 24.8 Å². The lowest BCUT2D eigenvalue weighted by Crippen LogP contribution is -2.47. The summed E-state index contributed by atoms with van der Waals surface area (Å²) in [5.74, 6) is 0.324. The number of nitrogens with one attached hydrogen (secondary N) is 1. The first-order valence-electron chi connectivity index (χ1n) is 7.12. The van der Waals surface area contributed by atoms with Gasteiger partial charge in [0.15, 0.2) is 11.5 Å². The van der Waals surface area contributed by atoms with E-state index in [9.17, 15) is 18.9 Å². The molecular weight excluding hydrogens is 383 g/mol. The standard InChI is InChI=1S/C14H19F2N3O4.2ClH/c1-22-11-7-9(10(19(20)21)8-12(11)23-2)13(14(15)16)18-5-3-17-4-6-18;;/h7-8,13-14,17H,3-6H2,1-2H3;2*1H/t13-;;/m0../s1. The van der Waals surface area contributed by atoms with Gasteiger partial charge in [-0.1, -0.05) is 0 Å². The summed E-state index contributed by atoms with van der Waals surface area (Å²) < 4.78 is 37.5. The number of nitrogens with zero attached hydrogens (tertiary/aromatic N) is 2. The fourth-order valence-electron chi connectivity index (χ4n) is 2.73. The van der Waals surface area contributed by atoms with Gasteiger partial charge in [0, 0.05) is 26.2 Å². The molecular formula is C14H21Cl2F2N3O4. The molecule has 0 amide bonds. The number of halogens is 4. The molecule has 144 valence electrons. The molecule has 1 N–H and O–H groups in total. The van der Waals surface area contributed by atoms with Crippen LogP contribution in [0.2, 0.25) is 0 Å². The van der Waals surface area contributed by atoms with Gasteiger partial charge in [-0.15, -0.1) is 24.8 Å². The highest BCUT2D eigenvalue weighted by atomic mass is 35.5. The molecule has 7 nitrogen and oxygen atoms in total. The van der Waals surface area contributed by atoms with E-state index in [1.807, 2.05) is 0 Å². The van der Waals surface area contributed by atoms with Crippen LogP contribution < -0.4 is 14.8 Å². The second-order valence-corrected chi connectivity index (χ2v) is 5.09. The minimum Gasteiger partial charge on any atom is -0.493 e. The molecule has 11 heteroatoms. The zero-order chi connectivity index (χ0) is 17.0. The van der Waals surface area contributed by atoms with Gasteiger partial charge in [0.1, 0.15) is 6.04 Å². The number of hydrogen-bond acceptors (Lipinski definition) is 6. The molecule has 0 saturated carbocycles. The molecule has 0 aliphatic carbocycles. The number of nitro benzene ring substituents is 1. The number of alkyl halides is 2. The van der Waals surface area contributed by atoms with E-state index >= 15 is 0 Å². The smallest absolute Gasteiger partial charge is 0.278 e. The molecule has 0 aromatic heterocycles. The minimum absolute atomic E-state index is 0. The molecule has 1 aliphatic heterocycles. The number of methoxy groups -OCH3 is 2. The van der Waals surface area contributed by atoms with Gasteiger partial charge in [-0.3, -0.25) is 15.0 Å². The second-order valence-electron chi connectivity index (χ2n) is 5.09. The van der Waals surface area contributed by atoms with Crippen molar-refractivity contribution in [2.75, 3.05) is 40.4 Å². The van der Waals surface area contributed by atoms with Crippen molar-refractivity contribution in [1.29, 1.82) is 0 Å². The Morgan fingerprint density at radius 3 is 2.12 bits per heavy atom. The molecule has 0 bridgehead atoms. The second kappa shape index (κ2) is 10.5. The van der Waals surface area contributed by atoms with Gasteiger partial charge in [-0.2, -0.15) is 0 Å². The molecule has 1 atom stereocenters. The molecule has 1 saturated heterocycles. The average molecular weight is 404 g/mol. The van der Waals surface area contributed by atoms with Crippen LogP contribution in [0.5, 0.6) is 11.5 Å². The van der Waals surface area contributed by atoms with Crippen molar-refractivity contribution in [3.8, 4) is 11.5 Å². The van der Waals surface area contributed by atoms with E-state index in [0.29, 0.717) is 26.2 Å². The Labute approximate surface area is 156 Å². The number of piperazine rings is 1. The summed E-state index contributed by atoms with van der Waals surface area (Å²) >= 11 is 0. The van der Waals surface area contributed by atoms with E-state index in [4.69, 9.17) is 9.47 Å². The lowest BCUT2D eigenvalue weighted by atomic mass is 10.0. The molecule has 0 spiro atoms. The van der Waals surface area contributed by atoms with Gasteiger partial charge >= 0.3 is 0 Å². The van der Waals surface area contributed by atoms with Crippen LogP contribution in [-0.4, -0.2) is 56.6 Å². The van der Waals surface area contributed by atoms with Crippen LogP contribution in [0.4, 0.5) is 14.5 Å². The van der Waals surface area contributed by atoms with Crippen LogP contribution in [0.3, 0.4) is 0 Å². The average Bonchev–Trinajstić information content (AvgIpc) is 2.54. The van der Waals surface area contributed by atoms with Crippen molar-refractivity contribution in [3.63, 3.8) is 0 Å². The third kappa shape index (κ3) is 5.27. The summed E-state index contributed by atoms with van der Waals surface area (Å²) in [5, 5.41) is 14.4. The van der Waals surface area contributed by atoms with E-state index in [1.165, 1.54) is 20.3 Å². The van der Waals surface area contributed by atoms with Crippen molar-refractivity contribution in [2.45, 2.75) is 12.5 Å². The zero-order valence-electron chi connectivity index (χ0n) is 13.7. The normalized spacial score (nSPS) is 15.7. The van der Waals surface area contributed by atoms with Gasteiger partial charge in [-0.25, -0.2) is 8.78 Å². The number of nitro groups is 1. The molecule has 2 rings (SSSR count). The van der Waals surface area contributed by atoms with Crippen LogP contribution in [0.1, 0.15) is 11.6 Å². The van der Waals surface area contributed by atoms with Crippen molar-refractivity contribution in [1.82, 2.24) is 10.2 Å². The Hall–Kier alpha value is -1.42. The van der Waals surface area contributed by atoms with Gasteiger partial charge in [0.05, 0.1) is 30.8 Å². The van der Waals surface area contributed by atoms with E-state index in [-0.39, 0.29) is 41.9 Å².